The van der Waals surface area contributed by atoms with Gasteiger partial charge in [-0.05, 0) is 43.3 Å². The molecule has 0 bridgehead atoms. The topological polar surface area (TPSA) is 77.1 Å². The first-order valence-corrected chi connectivity index (χ1v) is 7.29. The molecule has 7 heteroatoms. The predicted octanol–water partition coefficient (Wildman–Crippen LogP) is 3.58. The van der Waals surface area contributed by atoms with Crippen molar-refractivity contribution in [1.29, 1.82) is 0 Å². The van der Waals surface area contributed by atoms with E-state index in [0.717, 1.165) is 0 Å². The number of halogens is 1. The molecular weight excluding hydrogens is 313 g/mol. The Morgan fingerprint density at radius 1 is 1.12 bits per heavy atom. The summed E-state index contributed by atoms with van der Waals surface area (Å²) in [5.41, 5.74) is 1.19. The highest BCUT2D eigenvalue weighted by atomic mass is 19.1. The Kier molecular flexibility index (Phi) is 4.51. The summed E-state index contributed by atoms with van der Waals surface area (Å²) < 4.78 is 23.7. The molecule has 1 N–H and O–H groups in total. The molecule has 1 aromatic heterocycles. The number of rotatable bonds is 5. The molecule has 1 heterocycles. The number of hydrogen-bond acceptors (Lipinski definition) is 5. The highest BCUT2D eigenvalue weighted by Gasteiger charge is 2.18. The summed E-state index contributed by atoms with van der Waals surface area (Å²) in [7, 11) is 0. The number of benzene rings is 2. The maximum Gasteiger partial charge on any atom is 0.361 e. The van der Waals surface area contributed by atoms with Crippen LogP contribution in [-0.4, -0.2) is 28.0 Å². The number of carbonyl (C=O) groups is 1. The predicted molar refractivity (Wildman–Crippen MR) is 84.2 cm³/mol. The van der Waals surface area contributed by atoms with E-state index in [-0.39, 0.29) is 18.1 Å². The molecule has 0 aliphatic heterocycles. The van der Waals surface area contributed by atoms with E-state index in [0.29, 0.717) is 22.8 Å². The van der Waals surface area contributed by atoms with Crippen LogP contribution in [0.3, 0.4) is 0 Å². The Morgan fingerprint density at radius 2 is 1.92 bits per heavy atom. The van der Waals surface area contributed by atoms with Gasteiger partial charge in [-0.2, -0.15) is 10.3 Å². The van der Waals surface area contributed by atoms with Crippen molar-refractivity contribution >= 4 is 5.97 Å². The number of hydrogen-bond donors (Lipinski definition) is 1. The molecule has 0 aliphatic carbocycles. The number of H-pyrrole nitrogens is 1. The second-order valence-corrected chi connectivity index (χ2v) is 4.83. The van der Waals surface area contributed by atoms with E-state index in [1.807, 2.05) is 0 Å². The van der Waals surface area contributed by atoms with E-state index >= 15 is 0 Å². The number of aromatic nitrogens is 3. The lowest BCUT2D eigenvalue weighted by atomic mass is 10.1. The summed E-state index contributed by atoms with van der Waals surface area (Å²) >= 11 is 0. The van der Waals surface area contributed by atoms with Crippen LogP contribution in [0.4, 0.5) is 4.39 Å². The summed E-state index contributed by atoms with van der Waals surface area (Å²) in [6.07, 6.45) is 0. The van der Waals surface area contributed by atoms with Crippen LogP contribution in [0, 0.1) is 5.82 Å². The summed E-state index contributed by atoms with van der Waals surface area (Å²) in [5.74, 6) is 0.0223. The molecule has 122 valence electrons. The largest absolute Gasteiger partial charge is 0.461 e. The molecule has 0 amide bonds. The summed E-state index contributed by atoms with van der Waals surface area (Å²) in [5, 5.41) is 10.2. The van der Waals surface area contributed by atoms with Crippen LogP contribution in [0.25, 0.3) is 11.3 Å². The highest BCUT2D eigenvalue weighted by Crippen LogP contribution is 2.26. The SMILES string of the molecule is CCOC(=O)c1n[nH]nc1-c1ccc(Oc2cccc(F)c2)cc1. The third-order valence-corrected chi connectivity index (χ3v) is 3.18. The summed E-state index contributed by atoms with van der Waals surface area (Å²) in [4.78, 5) is 11.8. The average Bonchev–Trinajstić information content (AvgIpc) is 3.05. The van der Waals surface area contributed by atoms with Gasteiger partial charge < -0.3 is 9.47 Å². The van der Waals surface area contributed by atoms with Crippen molar-refractivity contribution < 1.29 is 18.7 Å². The van der Waals surface area contributed by atoms with Crippen LogP contribution in [0.1, 0.15) is 17.4 Å². The fourth-order valence-corrected chi connectivity index (χ4v) is 2.12. The van der Waals surface area contributed by atoms with Gasteiger partial charge in [-0.15, -0.1) is 5.10 Å². The van der Waals surface area contributed by atoms with Crippen molar-refractivity contribution in [2.45, 2.75) is 6.92 Å². The number of nitrogens with zero attached hydrogens (tertiary/aromatic N) is 2. The van der Waals surface area contributed by atoms with Gasteiger partial charge in [0.25, 0.3) is 0 Å². The summed E-state index contributed by atoms with van der Waals surface area (Å²) in [6.45, 7) is 1.97. The Morgan fingerprint density at radius 3 is 2.62 bits per heavy atom. The lowest BCUT2D eigenvalue weighted by Crippen LogP contribution is -2.06. The van der Waals surface area contributed by atoms with Gasteiger partial charge in [0.2, 0.25) is 0 Å². The molecule has 0 spiro atoms. The first-order valence-electron chi connectivity index (χ1n) is 7.29. The monoisotopic (exact) mass is 327 g/mol. The molecule has 0 saturated carbocycles. The van der Waals surface area contributed by atoms with Gasteiger partial charge in [-0.25, -0.2) is 9.18 Å². The van der Waals surface area contributed by atoms with Crippen LogP contribution in [0.5, 0.6) is 11.5 Å². The van der Waals surface area contributed by atoms with E-state index < -0.39 is 5.97 Å². The van der Waals surface area contributed by atoms with E-state index in [2.05, 4.69) is 15.4 Å². The zero-order chi connectivity index (χ0) is 16.9. The zero-order valence-electron chi connectivity index (χ0n) is 12.8. The normalized spacial score (nSPS) is 10.4. The Hall–Kier alpha value is -3.22. The Labute approximate surface area is 137 Å². The van der Waals surface area contributed by atoms with Gasteiger partial charge in [0, 0.05) is 11.6 Å². The first-order chi connectivity index (χ1) is 11.7. The second-order valence-electron chi connectivity index (χ2n) is 4.83. The molecule has 0 saturated heterocycles. The van der Waals surface area contributed by atoms with Gasteiger partial charge in [0.05, 0.1) is 6.61 Å². The fourth-order valence-electron chi connectivity index (χ4n) is 2.12. The quantitative estimate of drug-likeness (QED) is 0.725. The number of carbonyl (C=O) groups excluding carboxylic acids is 1. The molecule has 2 aromatic carbocycles. The van der Waals surface area contributed by atoms with Crippen LogP contribution in [-0.2, 0) is 4.74 Å². The Balaban J connectivity index is 1.80. The molecule has 0 atom stereocenters. The van der Waals surface area contributed by atoms with E-state index in [1.165, 1.54) is 12.1 Å². The lowest BCUT2D eigenvalue weighted by molar-refractivity contribution is 0.0520. The standard InChI is InChI=1S/C17H14FN3O3/c1-2-23-17(22)16-15(19-21-20-16)11-6-8-13(9-7-11)24-14-5-3-4-12(18)10-14/h3-10H,2H2,1H3,(H,19,20,21). The van der Waals surface area contributed by atoms with Crippen molar-refractivity contribution in [2.75, 3.05) is 6.61 Å². The molecule has 24 heavy (non-hydrogen) atoms. The van der Waals surface area contributed by atoms with Crippen molar-refractivity contribution in [3.8, 4) is 22.8 Å². The van der Waals surface area contributed by atoms with Crippen molar-refractivity contribution in [3.05, 3.63) is 60.0 Å². The maximum absolute atomic E-state index is 13.2. The van der Waals surface area contributed by atoms with Crippen LogP contribution in [0.2, 0.25) is 0 Å². The molecule has 0 unspecified atom stereocenters. The maximum atomic E-state index is 13.2. The fraction of sp³-hybridized carbons (Fsp3) is 0.118. The highest BCUT2D eigenvalue weighted by molar-refractivity contribution is 5.93. The van der Waals surface area contributed by atoms with Crippen molar-refractivity contribution in [2.24, 2.45) is 0 Å². The van der Waals surface area contributed by atoms with E-state index in [1.54, 1.807) is 43.3 Å². The molecular formula is C17H14FN3O3. The minimum Gasteiger partial charge on any atom is -0.461 e. The van der Waals surface area contributed by atoms with Gasteiger partial charge >= 0.3 is 5.97 Å². The smallest absolute Gasteiger partial charge is 0.361 e. The molecule has 0 aliphatic rings. The lowest BCUT2D eigenvalue weighted by Gasteiger charge is -2.06. The third-order valence-electron chi connectivity index (χ3n) is 3.18. The Bertz CT molecular complexity index is 846. The number of ether oxygens (including phenoxy) is 2. The number of nitrogens with one attached hydrogen (secondary N) is 1. The van der Waals surface area contributed by atoms with Crippen LogP contribution >= 0.6 is 0 Å². The van der Waals surface area contributed by atoms with Crippen LogP contribution < -0.4 is 4.74 Å². The van der Waals surface area contributed by atoms with Gasteiger partial charge in [0.15, 0.2) is 5.69 Å². The number of aromatic amines is 1. The first kappa shape index (κ1) is 15.7. The summed E-state index contributed by atoms with van der Waals surface area (Å²) in [6, 6.07) is 12.7. The molecule has 6 nitrogen and oxygen atoms in total. The van der Waals surface area contributed by atoms with Crippen molar-refractivity contribution in [3.63, 3.8) is 0 Å². The molecule has 3 aromatic rings. The minimum atomic E-state index is -0.540. The minimum absolute atomic E-state index is 0.121. The van der Waals surface area contributed by atoms with Crippen molar-refractivity contribution in [1.82, 2.24) is 15.4 Å². The van der Waals surface area contributed by atoms with E-state index in [9.17, 15) is 9.18 Å². The third kappa shape index (κ3) is 3.40. The zero-order valence-corrected chi connectivity index (χ0v) is 12.8. The molecule has 3 rings (SSSR count). The molecule has 0 radical (unpaired) electrons. The van der Waals surface area contributed by atoms with Gasteiger partial charge in [0.1, 0.15) is 23.0 Å². The van der Waals surface area contributed by atoms with Crippen LogP contribution in [0.15, 0.2) is 48.5 Å². The average molecular weight is 327 g/mol. The second kappa shape index (κ2) is 6.91. The number of esters is 1. The van der Waals surface area contributed by atoms with Gasteiger partial charge in [-0.3, -0.25) is 0 Å². The molecule has 0 fully saturated rings. The van der Waals surface area contributed by atoms with E-state index in [4.69, 9.17) is 9.47 Å². The van der Waals surface area contributed by atoms with Gasteiger partial charge in [-0.1, -0.05) is 6.07 Å².